The minimum atomic E-state index is -0.630. The zero-order valence-corrected chi connectivity index (χ0v) is 12.9. The zero-order chi connectivity index (χ0) is 13.9. The van der Waals surface area contributed by atoms with Crippen molar-refractivity contribution in [2.45, 2.75) is 43.4 Å². The van der Waals surface area contributed by atoms with Gasteiger partial charge >= 0.3 is 0 Å². The second-order valence-electron chi connectivity index (χ2n) is 5.34. The van der Waals surface area contributed by atoms with Gasteiger partial charge in [0, 0.05) is 12.6 Å². The molecule has 106 valence electrons. The number of nitrogens with zero attached hydrogens (tertiary/aromatic N) is 2. The van der Waals surface area contributed by atoms with Gasteiger partial charge in [-0.1, -0.05) is 43.1 Å². The van der Waals surface area contributed by atoms with Crippen molar-refractivity contribution in [3.8, 4) is 0 Å². The van der Waals surface area contributed by atoms with Crippen molar-refractivity contribution in [1.29, 1.82) is 0 Å². The highest BCUT2D eigenvalue weighted by Crippen LogP contribution is 2.32. The van der Waals surface area contributed by atoms with E-state index in [0.29, 0.717) is 28.6 Å². The molecule has 6 heteroatoms. The summed E-state index contributed by atoms with van der Waals surface area (Å²) in [5.41, 5.74) is -0.630. The lowest BCUT2D eigenvalue weighted by Crippen LogP contribution is -2.41. The third-order valence-electron chi connectivity index (χ3n) is 3.52. The Labute approximate surface area is 123 Å². The van der Waals surface area contributed by atoms with E-state index in [9.17, 15) is 5.11 Å². The van der Waals surface area contributed by atoms with Crippen LogP contribution in [0.3, 0.4) is 0 Å². The van der Waals surface area contributed by atoms with Crippen LogP contribution < -0.4 is 5.32 Å². The van der Waals surface area contributed by atoms with E-state index in [1.807, 2.05) is 6.26 Å². The van der Waals surface area contributed by atoms with Crippen molar-refractivity contribution in [1.82, 2.24) is 9.97 Å². The van der Waals surface area contributed by atoms with E-state index < -0.39 is 5.60 Å². The Morgan fingerprint density at radius 2 is 2.37 bits per heavy atom. The van der Waals surface area contributed by atoms with Crippen LogP contribution in [0.25, 0.3) is 0 Å². The molecule has 2 unspecified atom stereocenters. The highest BCUT2D eigenvalue weighted by molar-refractivity contribution is 7.98. The number of hydrogen-bond donors (Lipinski definition) is 2. The summed E-state index contributed by atoms with van der Waals surface area (Å²) in [6, 6.07) is 1.69. The number of aromatic nitrogens is 2. The molecule has 2 atom stereocenters. The van der Waals surface area contributed by atoms with Crippen LogP contribution in [-0.4, -0.2) is 33.5 Å². The summed E-state index contributed by atoms with van der Waals surface area (Å²) in [7, 11) is 0. The molecular weight excluding hydrogens is 282 g/mol. The quantitative estimate of drug-likeness (QED) is 0.508. The maximum atomic E-state index is 10.6. The van der Waals surface area contributed by atoms with Crippen molar-refractivity contribution in [2.24, 2.45) is 5.92 Å². The Bertz CT molecular complexity index is 446. The SMILES string of the molecule is CSc1nc(Cl)cc(NCC2(O)CCCC(C)C2)n1. The first kappa shape index (κ1) is 14.9. The first-order valence-electron chi connectivity index (χ1n) is 6.55. The molecule has 0 bridgehead atoms. The third kappa shape index (κ3) is 4.23. The second kappa shape index (κ2) is 6.29. The lowest BCUT2D eigenvalue weighted by atomic mass is 9.79. The summed E-state index contributed by atoms with van der Waals surface area (Å²) >= 11 is 7.39. The molecule has 1 aliphatic carbocycles. The molecule has 0 radical (unpaired) electrons. The van der Waals surface area contributed by atoms with Crippen molar-refractivity contribution >= 4 is 29.2 Å². The van der Waals surface area contributed by atoms with Gasteiger partial charge in [0.15, 0.2) is 5.16 Å². The summed E-state index contributed by atoms with van der Waals surface area (Å²) in [5.74, 6) is 1.26. The number of hydrogen-bond acceptors (Lipinski definition) is 5. The van der Waals surface area contributed by atoms with Gasteiger partial charge in [0.2, 0.25) is 0 Å². The zero-order valence-electron chi connectivity index (χ0n) is 11.3. The van der Waals surface area contributed by atoms with Crippen LogP contribution in [0, 0.1) is 5.92 Å². The predicted octanol–water partition coefficient (Wildman–Crippen LogP) is 3.21. The summed E-state index contributed by atoms with van der Waals surface area (Å²) in [6.07, 6.45) is 5.89. The smallest absolute Gasteiger partial charge is 0.190 e. The Balaban J connectivity index is 1.99. The topological polar surface area (TPSA) is 58.0 Å². The normalized spacial score (nSPS) is 27.3. The standard InChI is InChI=1S/C13H20ClN3OS/c1-9-4-3-5-13(18,7-9)8-15-11-6-10(14)16-12(17-11)19-2/h6,9,18H,3-5,7-8H2,1-2H3,(H,15,16,17). The molecule has 2 N–H and O–H groups in total. The van der Waals surface area contributed by atoms with Gasteiger partial charge in [0.1, 0.15) is 11.0 Å². The fourth-order valence-electron chi connectivity index (χ4n) is 2.63. The minimum absolute atomic E-state index is 0.422. The Morgan fingerprint density at radius 3 is 3.05 bits per heavy atom. The molecular formula is C13H20ClN3OS. The number of halogens is 1. The van der Waals surface area contributed by atoms with Crippen LogP contribution in [0.15, 0.2) is 11.2 Å². The average molecular weight is 302 g/mol. The Morgan fingerprint density at radius 1 is 1.58 bits per heavy atom. The van der Waals surface area contributed by atoms with Crippen LogP contribution in [0.2, 0.25) is 5.15 Å². The molecule has 2 rings (SSSR count). The maximum absolute atomic E-state index is 10.6. The molecule has 1 aliphatic rings. The van der Waals surface area contributed by atoms with Gasteiger partial charge in [-0.05, 0) is 25.0 Å². The number of thioether (sulfide) groups is 1. The number of rotatable bonds is 4. The van der Waals surface area contributed by atoms with E-state index >= 15 is 0 Å². The highest BCUT2D eigenvalue weighted by Gasteiger charge is 2.32. The van der Waals surface area contributed by atoms with Gasteiger partial charge in [0.25, 0.3) is 0 Å². The van der Waals surface area contributed by atoms with Crippen molar-refractivity contribution in [3.05, 3.63) is 11.2 Å². The summed E-state index contributed by atoms with van der Waals surface area (Å²) in [6.45, 7) is 2.70. The van der Waals surface area contributed by atoms with E-state index in [4.69, 9.17) is 11.6 Å². The molecule has 19 heavy (non-hydrogen) atoms. The molecule has 1 heterocycles. The first-order valence-corrected chi connectivity index (χ1v) is 8.16. The summed E-state index contributed by atoms with van der Waals surface area (Å²) < 4.78 is 0. The van der Waals surface area contributed by atoms with Crippen molar-refractivity contribution < 1.29 is 5.11 Å². The van der Waals surface area contributed by atoms with E-state index in [-0.39, 0.29) is 0 Å². The van der Waals surface area contributed by atoms with E-state index in [2.05, 4.69) is 22.2 Å². The molecule has 0 aliphatic heterocycles. The Hall–Kier alpha value is -0.520. The van der Waals surface area contributed by atoms with Crippen LogP contribution in [-0.2, 0) is 0 Å². The monoisotopic (exact) mass is 301 g/mol. The van der Waals surface area contributed by atoms with Crippen LogP contribution >= 0.6 is 23.4 Å². The van der Waals surface area contributed by atoms with Gasteiger partial charge in [-0.3, -0.25) is 0 Å². The molecule has 4 nitrogen and oxygen atoms in total. The predicted molar refractivity (Wildman–Crippen MR) is 79.9 cm³/mol. The second-order valence-corrected chi connectivity index (χ2v) is 6.50. The third-order valence-corrected chi connectivity index (χ3v) is 4.26. The van der Waals surface area contributed by atoms with Crippen LogP contribution in [0.4, 0.5) is 5.82 Å². The summed E-state index contributed by atoms with van der Waals surface area (Å²) in [5, 5.41) is 14.8. The van der Waals surface area contributed by atoms with Gasteiger partial charge in [-0.25, -0.2) is 9.97 Å². The molecule has 0 spiro atoms. The van der Waals surface area contributed by atoms with Crippen molar-refractivity contribution in [2.75, 3.05) is 18.1 Å². The van der Waals surface area contributed by atoms with Crippen LogP contribution in [0.1, 0.15) is 32.6 Å². The maximum Gasteiger partial charge on any atom is 0.190 e. The number of aliphatic hydroxyl groups is 1. The van der Waals surface area contributed by atoms with Gasteiger partial charge in [-0.15, -0.1) is 0 Å². The lowest BCUT2D eigenvalue weighted by molar-refractivity contribution is -0.000837. The van der Waals surface area contributed by atoms with Gasteiger partial charge < -0.3 is 10.4 Å². The van der Waals surface area contributed by atoms with Gasteiger partial charge in [-0.2, -0.15) is 0 Å². The number of anilines is 1. The molecule has 1 aromatic rings. The molecule has 0 amide bonds. The largest absolute Gasteiger partial charge is 0.388 e. The minimum Gasteiger partial charge on any atom is -0.388 e. The molecule has 1 aromatic heterocycles. The van der Waals surface area contributed by atoms with E-state index in [1.165, 1.54) is 18.2 Å². The van der Waals surface area contributed by atoms with E-state index in [0.717, 1.165) is 19.3 Å². The molecule has 1 saturated carbocycles. The molecule has 0 saturated heterocycles. The van der Waals surface area contributed by atoms with Crippen molar-refractivity contribution in [3.63, 3.8) is 0 Å². The molecule has 1 fully saturated rings. The van der Waals surface area contributed by atoms with E-state index in [1.54, 1.807) is 6.07 Å². The Kier molecular flexibility index (Phi) is 4.92. The van der Waals surface area contributed by atoms with Gasteiger partial charge in [0.05, 0.1) is 5.60 Å². The van der Waals surface area contributed by atoms with Crippen LogP contribution in [0.5, 0.6) is 0 Å². The fourth-order valence-corrected chi connectivity index (χ4v) is 3.24. The summed E-state index contributed by atoms with van der Waals surface area (Å²) in [4.78, 5) is 8.42. The highest BCUT2D eigenvalue weighted by atomic mass is 35.5. The molecule has 0 aromatic carbocycles. The first-order chi connectivity index (χ1) is 9.00. The fraction of sp³-hybridized carbons (Fsp3) is 0.692. The lowest BCUT2D eigenvalue weighted by Gasteiger charge is -2.35. The number of nitrogens with one attached hydrogen (secondary N) is 1. The average Bonchev–Trinajstić information content (AvgIpc) is 2.35.